The maximum Gasteiger partial charge on any atom is 0.241 e. The lowest BCUT2D eigenvalue weighted by atomic mass is 9.95. The lowest BCUT2D eigenvalue weighted by Crippen LogP contribution is -2.31. The first-order valence-corrected chi connectivity index (χ1v) is 19.0. The predicted octanol–water partition coefficient (Wildman–Crippen LogP) is 8.34. The molecule has 0 fully saturated rings. The van der Waals surface area contributed by atoms with Crippen LogP contribution in [0.4, 0.5) is 0 Å². The monoisotopic (exact) mass is 702 g/mol. The maximum absolute atomic E-state index is 12.9. The number of hydrogen-bond donors (Lipinski definition) is 2. The molecule has 0 amide bonds. The molecule has 50 heavy (non-hydrogen) atoms. The second kappa shape index (κ2) is 13.6. The largest absolute Gasteiger partial charge is 0.457 e. The summed E-state index contributed by atoms with van der Waals surface area (Å²) in [5, 5.41) is 0. The summed E-state index contributed by atoms with van der Waals surface area (Å²) in [6.07, 6.45) is 0. The summed E-state index contributed by atoms with van der Waals surface area (Å²) in [5.74, 6) is 2.66. The van der Waals surface area contributed by atoms with E-state index in [-0.39, 0.29) is 9.79 Å². The lowest BCUT2D eigenvalue weighted by molar-refractivity contribution is 0.440. The molecule has 0 saturated heterocycles. The molecule has 6 aromatic carbocycles. The number of nitrogens with one attached hydrogen (secondary N) is 2. The second-order valence-corrected chi connectivity index (χ2v) is 15.5. The molecule has 0 aromatic heterocycles. The Bertz CT molecular complexity index is 2130. The topological polar surface area (TPSA) is 111 Å². The van der Waals surface area contributed by atoms with E-state index in [1.165, 1.54) is 0 Å². The average molecular weight is 703 g/mol. The van der Waals surface area contributed by atoms with Crippen LogP contribution >= 0.6 is 0 Å². The molecule has 2 aliphatic heterocycles. The minimum absolute atomic E-state index is 0.250. The number of ether oxygens (including phenoxy) is 2. The van der Waals surface area contributed by atoms with E-state index in [9.17, 15) is 16.8 Å². The van der Waals surface area contributed by atoms with Gasteiger partial charge in [0.1, 0.15) is 23.0 Å². The molecule has 0 spiro atoms. The zero-order valence-electron chi connectivity index (χ0n) is 27.3. The quantitative estimate of drug-likeness (QED) is 0.181. The van der Waals surface area contributed by atoms with Crippen LogP contribution in [0.5, 0.6) is 23.0 Å². The Morgan fingerprint density at radius 1 is 0.400 bits per heavy atom. The van der Waals surface area contributed by atoms with Crippen LogP contribution in [0.15, 0.2) is 155 Å². The Kier molecular flexibility index (Phi) is 9.02. The van der Waals surface area contributed by atoms with Crippen LogP contribution in [0.25, 0.3) is 0 Å². The van der Waals surface area contributed by atoms with Gasteiger partial charge in [0.15, 0.2) is 0 Å². The molecule has 0 aliphatic carbocycles. The van der Waals surface area contributed by atoms with Gasteiger partial charge in [-0.3, -0.25) is 0 Å². The van der Waals surface area contributed by atoms with Gasteiger partial charge in [-0.1, -0.05) is 108 Å². The first kappa shape index (κ1) is 33.2. The molecular weight excluding hydrogens is 669 g/mol. The number of fused-ring (bicyclic) bond motifs is 4. The van der Waals surface area contributed by atoms with Crippen LogP contribution in [-0.2, 0) is 20.0 Å². The molecule has 0 bridgehead atoms. The fourth-order valence-corrected chi connectivity index (χ4v) is 8.34. The van der Waals surface area contributed by atoms with Crippen molar-refractivity contribution in [3.63, 3.8) is 0 Å². The average Bonchev–Trinajstić information content (AvgIpc) is 3.12. The van der Waals surface area contributed by atoms with Crippen molar-refractivity contribution in [1.82, 2.24) is 9.44 Å². The van der Waals surface area contributed by atoms with E-state index in [1.54, 1.807) is 48.5 Å². The van der Waals surface area contributed by atoms with Crippen molar-refractivity contribution in [2.45, 2.75) is 35.7 Å². The minimum Gasteiger partial charge on any atom is -0.457 e. The van der Waals surface area contributed by atoms with Gasteiger partial charge in [-0.25, -0.2) is 16.8 Å². The van der Waals surface area contributed by atoms with Crippen LogP contribution < -0.4 is 18.9 Å². The molecule has 8 nitrogen and oxygen atoms in total. The Balaban J connectivity index is 0.000000157. The lowest BCUT2D eigenvalue weighted by Gasteiger charge is -2.28. The third kappa shape index (κ3) is 6.79. The number of sulfonamides is 2. The molecule has 2 heterocycles. The molecule has 0 unspecified atom stereocenters. The molecule has 10 heteroatoms. The van der Waals surface area contributed by atoms with Crippen LogP contribution in [0, 0.1) is 13.8 Å². The SMILES string of the molecule is Cc1ccc(S(=O)(=O)NC2c3ccccc3Oc3ccccc32)cc1.Cc1ccc(S(=O)(=O)NC2c3ccccc3Oc3ccccc32)cc1. The molecule has 0 saturated carbocycles. The van der Waals surface area contributed by atoms with Crippen molar-refractivity contribution in [3.05, 3.63) is 179 Å². The number of hydrogen-bond acceptors (Lipinski definition) is 6. The van der Waals surface area contributed by atoms with Gasteiger partial charge in [-0.15, -0.1) is 0 Å². The highest BCUT2D eigenvalue weighted by molar-refractivity contribution is 7.89. The van der Waals surface area contributed by atoms with E-state index in [2.05, 4.69) is 9.44 Å². The first-order chi connectivity index (χ1) is 24.1. The Morgan fingerprint density at radius 3 is 0.940 bits per heavy atom. The molecule has 6 aromatic rings. The Labute approximate surface area is 292 Å². The second-order valence-electron chi connectivity index (χ2n) is 12.1. The molecule has 2 N–H and O–H groups in total. The van der Waals surface area contributed by atoms with Crippen molar-refractivity contribution in [2.75, 3.05) is 0 Å². The van der Waals surface area contributed by atoms with Gasteiger partial charge in [-0.2, -0.15) is 9.44 Å². The van der Waals surface area contributed by atoms with E-state index in [0.717, 1.165) is 33.4 Å². The standard InChI is InChI=1S/2C20H17NO3S/c2*1-14-10-12-15(13-11-14)25(22,23)21-20-16-6-2-4-8-18(16)24-19-9-5-3-7-17(19)20/h2*2-13,20-21H,1H3. The van der Waals surface area contributed by atoms with Crippen molar-refractivity contribution in [2.24, 2.45) is 0 Å². The number of rotatable bonds is 6. The predicted molar refractivity (Wildman–Crippen MR) is 193 cm³/mol. The van der Waals surface area contributed by atoms with Gasteiger partial charge in [0.2, 0.25) is 20.0 Å². The smallest absolute Gasteiger partial charge is 0.241 e. The number of benzene rings is 6. The highest BCUT2D eigenvalue weighted by Crippen LogP contribution is 2.44. The van der Waals surface area contributed by atoms with E-state index >= 15 is 0 Å². The highest BCUT2D eigenvalue weighted by Gasteiger charge is 2.32. The highest BCUT2D eigenvalue weighted by atomic mass is 32.2. The normalized spacial score (nSPS) is 13.6. The maximum atomic E-state index is 12.9. The molecular formula is C40H34N2O6S2. The van der Waals surface area contributed by atoms with Gasteiger partial charge in [0.25, 0.3) is 0 Å². The molecule has 8 rings (SSSR count). The van der Waals surface area contributed by atoms with Gasteiger partial charge in [0.05, 0.1) is 21.9 Å². The molecule has 2 aliphatic rings. The summed E-state index contributed by atoms with van der Waals surface area (Å²) < 4.78 is 69.0. The molecule has 0 atom stereocenters. The number of aryl methyl sites for hydroxylation is 2. The van der Waals surface area contributed by atoms with Crippen LogP contribution in [-0.4, -0.2) is 16.8 Å². The van der Waals surface area contributed by atoms with Gasteiger partial charge < -0.3 is 9.47 Å². The summed E-state index contributed by atoms with van der Waals surface area (Å²) in [4.78, 5) is 0.499. The number of para-hydroxylation sites is 4. The summed E-state index contributed by atoms with van der Waals surface area (Å²) in [7, 11) is -7.34. The summed E-state index contributed by atoms with van der Waals surface area (Å²) in [6.45, 7) is 3.85. The fraction of sp³-hybridized carbons (Fsp3) is 0.100. The zero-order chi connectivity index (χ0) is 34.9. The fourth-order valence-electron chi connectivity index (χ4n) is 5.96. The van der Waals surface area contributed by atoms with E-state index in [1.807, 2.05) is 111 Å². The van der Waals surface area contributed by atoms with Crippen molar-refractivity contribution < 1.29 is 26.3 Å². The summed E-state index contributed by atoms with van der Waals surface area (Å²) in [5.41, 5.74) is 5.24. The van der Waals surface area contributed by atoms with Crippen molar-refractivity contribution in [3.8, 4) is 23.0 Å². The molecule has 0 radical (unpaired) electrons. The van der Waals surface area contributed by atoms with Crippen molar-refractivity contribution >= 4 is 20.0 Å². The van der Waals surface area contributed by atoms with Crippen molar-refractivity contribution in [1.29, 1.82) is 0 Å². The minimum atomic E-state index is -3.67. The summed E-state index contributed by atoms with van der Waals surface area (Å²) in [6, 6.07) is 42.6. The van der Waals surface area contributed by atoms with Gasteiger partial charge in [-0.05, 0) is 62.4 Å². The third-order valence-corrected chi connectivity index (χ3v) is 11.4. The van der Waals surface area contributed by atoms with Gasteiger partial charge >= 0.3 is 0 Å². The third-order valence-electron chi connectivity index (χ3n) is 8.57. The first-order valence-electron chi connectivity index (χ1n) is 16.0. The van der Waals surface area contributed by atoms with E-state index in [4.69, 9.17) is 9.47 Å². The zero-order valence-corrected chi connectivity index (χ0v) is 28.9. The Morgan fingerprint density at radius 2 is 0.660 bits per heavy atom. The van der Waals surface area contributed by atoms with Crippen LogP contribution in [0.3, 0.4) is 0 Å². The van der Waals surface area contributed by atoms with E-state index < -0.39 is 32.1 Å². The van der Waals surface area contributed by atoms with Crippen LogP contribution in [0.1, 0.15) is 45.5 Å². The van der Waals surface area contributed by atoms with Gasteiger partial charge in [0, 0.05) is 22.3 Å². The summed E-state index contributed by atoms with van der Waals surface area (Å²) >= 11 is 0. The molecule has 252 valence electrons. The van der Waals surface area contributed by atoms with E-state index in [0.29, 0.717) is 23.0 Å². The van der Waals surface area contributed by atoms with Crippen LogP contribution in [0.2, 0.25) is 0 Å². The Hall–Kier alpha value is -5.26.